The van der Waals surface area contributed by atoms with Crippen LogP contribution in [0.4, 0.5) is 0 Å². The van der Waals surface area contributed by atoms with E-state index in [4.69, 9.17) is 4.74 Å². The lowest BCUT2D eigenvalue weighted by atomic mass is 9.84. The van der Waals surface area contributed by atoms with Crippen LogP contribution in [0, 0.1) is 5.92 Å². The second-order valence-electron chi connectivity index (χ2n) is 6.65. The molecular weight excluding hydrogens is 234 g/mol. The second-order valence-corrected chi connectivity index (χ2v) is 6.65. The van der Waals surface area contributed by atoms with Crippen molar-refractivity contribution in [2.75, 3.05) is 13.2 Å². The van der Waals surface area contributed by atoms with Crippen molar-refractivity contribution in [2.45, 2.75) is 53.0 Å². The van der Waals surface area contributed by atoms with Crippen molar-refractivity contribution in [1.29, 1.82) is 0 Å². The normalized spacial score (nSPS) is 12.2. The second kappa shape index (κ2) is 6.95. The molecule has 0 radical (unpaired) electrons. The van der Waals surface area contributed by atoms with Crippen LogP contribution in [-0.4, -0.2) is 19.2 Å². The highest BCUT2D eigenvalue weighted by atomic mass is 16.5. The summed E-state index contributed by atoms with van der Waals surface area (Å²) in [5.41, 5.74) is 1.48. The van der Waals surface area contributed by atoms with Crippen LogP contribution in [0.3, 0.4) is 0 Å². The van der Waals surface area contributed by atoms with Crippen molar-refractivity contribution in [3.8, 4) is 5.75 Å². The molecule has 0 aliphatic rings. The standard InChI is InChI=1S/C17H29NO/c1-13(2)11-19-16-9-7-15(8-10-16)17(5,6)12-18-14(3)4/h7-10,13-14,18H,11-12H2,1-6H3. The summed E-state index contributed by atoms with van der Waals surface area (Å²) in [5, 5.41) is 3.51. The summed E-state index contributed by atoms with van der Waals surface area (Å²) >= 11 is 0. The van der Waals surface area contributed by atoms with Crippen LogP contribution in [0.5, 0.6) is 5.75 Å². The van der Waals surface area contributed by atoms with E-state index in [0.29, 0.717) is 12.0 Å². The third-order valence-electron chi connectivity index (χ3n) is 3.17. The van der Waals surface area contributed by atoms with Gasteiger partial charge < -0.3 is 10.1 Å². The largest absolute Gasteiger partial charge is 0.493 e. The lowest BCUT2D eigenvalue weighted by Gasteiger charge is -2.27. The van der Waals surface area contributed by atoms with E-state index in [9.17, 15) is 0 Å². The molecule has 0 aromatic heterocycles. The fourth-order valence-electron chi connectivity index (χ4n) is 1.83. The predicted octanol–water partition coefficient (Wildman–Crippen LogP) is 4.00. The number of rotatable bonds is 7. The molecule has 0 aliphatic carbocycles. The zero-order valence-corrected chi connectivity index (χ0v) is 13.3. The Morgan fingerprint density at radius 1 is 1.05 bits per heavy atom. The van der Waals surface area contributed by atoms with Crippen molar-refractivity contribution in [2.24, 2.45) is 5.92 Å². The van der Waals surface area contributed by atoms with Gasteiger partial charge in [-0.3, -0.25) is 0 Å². The first-order valence-electron chi connectivity index (χ1n) is 7.28. The zero-order valence-electron chi connectivity index (χ0n) is 13.3. The number of hydrogen-bond donors (Lipinski definition) is 1. The topological polar surface area (TPSA) is 21.3 Å². The molecule has 1 N–H and O–H groups in total. The summed E-state index contributed by atoms with van der Waals surface area (Å²) in [5.74, 6) is 1.52. The number of nitrogens with one attached hydrogen (secondary N) is 1. The molecule has 0 saturated heterocycles. The van der Waals surface area contributed by atoms with Gasteiger partial charge in [0.1, 0.15) is 5.75 Å². The lowest BCUT2D eigenvalue weighted by Crippen LogP contribution is -2.36. The minimum atomic E-state index is 0.140. The molecule has 2 nitrogen and oxygen atoms in total. The maximum absolute atomic E-state index is 5.72. The fourth-order valence-corrected chi connectivity index (χ4v) is 1.83. The highest BCUT2D eigenvalue weighted by molar-refractivity contribution is 5.31. The van der Waals surface area contributed by atoms with Crippen LogP contribution >= 0.6 is 0 Å². The van der Waals surface area contributed by atoms with E-state index in [1.807, 2.05) is 0 Å². The van der Waals surface area contributed by atoms with E-state index in [0.717, 1.165) is 18.9 Å². The molecule has 0 saturated carbocycles. The van der Waals surface area contributed by atoms with Gasteiger partial charge in [-0.05, 0) is 23.6 Å². The van der Waals surface area contributed by atoms with E-state index < -0.39 is 0 Å². The Morgan fingerprint density at radius 2 is 1.63 bits per heavy atom. The molecule has 1 rings (SSSR count). The molecule has 0 bridgehead atoms. The average molecular weight is 263 g/mol. The summed E-state index contributed by atoms with van der Waals surface area (Å²) in [6.45, 7) is 15.0. The Balaban J connectivity index is 2.63. The van der Waals surface area contributed by atoms with Crippen molar-refractivity contribution in [1.82, 2.24) is 5.32 Å². The van der Waals surface area contributed by atoms with Crippen molar-refractivity contribution in [3.05, 3.63) is 29.8 Å². The van der Waals surface area contributed by atoms with Gasteiger partial charge in [-0.25, -0.2) is 0 Å². The van der Waals surface area contributed by atoms with E-state index >= 15 is 0 Å². The average Bonchev–Trinajstić information content (AvgIpc) is 2.34. The molecule has 108 valence electrons. The Kier molecular flexibility index (Phi) is 5.86. The van der Waals surface area contributed by atoms with Gasteiger partial charge in [-0.15, -0.1) is 0 Å². The van der Waals surface area contributed by atoms with Gasteiger partial charge in [0.15, 0.2) is 0 Å². The smallest absolute Gasteiger partial charge is 0.119 e. The molecule has 0 atom stereocenters. The maximum Gasteiger partial charge on any atom is 0.119 e. The summed E-state index contributed by atoms with van der Waals surface area (Å²) in [6, 6.07) is 9.03. The number of hydrogen-bond acceptors (Lipinski definition) is 2. The predicted molar refractivity (Wildman–Crippen MR) is 82.9 cm³/mol. The highest BCUT2D eigenvalue weighted by Gasteiger charge is 2.20. The van der Waals surface area contributed by atoms with E-state index in [1.165, 1.54) is 5.56 Å². The van der Waals surface area contributed by atoms with E-state index in [2.05, 4.69) is 71.1 Å². The van der Waals surface area contributed by atoms with Gasteiger partial charge in [0, 0.05) is 18.0 Å². The highest BCUT2D eigenvalue weighted by Crippen LogP contribution is 2.25. The monoisotopic (exact) mass is 263 g/mol. The number of benzene rings is 1. The minimum Gasteiger partial charge on any atom is -0.493 e. The third kappa shape index (κ3) is 5.65. The molecule has 1 aromatic carbocycles. The Hall–Kier alpha value is -1.02. The maximum atomic E-state index is 5.72. The van der Waals surface area contributed by atoms with E-state index in [-0.39, 0.29) is 5.41 Å². The molecule has 0 spiro atoms. The molecule has 0 unspecified atom stereocenters. The van der Waals surface area contributed by atoms with Crippen LogP contribution in [0.1, 0.15) is 47.1 Å². The van der Waals surface area contributed by atoms with Gasteiger partial charge in [0.2, 0.25) is 0 Å². The van der Waals surface area contributed by atoms with Crippen LogP contribution in [0.2, 0.25) is 0 Å². The van der Waals surface area contributed by atoms with Gasteiger partial charge in [0.25, 0.3) is 0 Å². The summed E-state index contributed by atoms with van der Waals surface area (Å²) in [4.78, 5) is 0. The number of ether oxygens (including phenoxy) is 1. The zero-order chi connectivity index (χ0) is 14.5. The quantitative estimate of drug-likeness (QED) is 0.803. The van der Waals surface area contributed by atoms with Gasteiger partial charge >= 0.3 is 0 Å². The SMILES string of the molecule is CC(C)COc1ccc(C(C)(C)CNC(C)C)cc1. The third-order valence-corrected chi connectivity index (χ3v) is 3.17. The first kappa shape index (κ1) is 16.0. The molecule has 1 aromatic rings. The van der Waals surface area contributed by atoms with Crippen LogP contribution < -0.4 is 10.1 Å². The van der Waals surface area contributed by atoms with Crippen LogP contribution in [0.25, 0.3) is 0 Å². The molecule has 0 heterocycles. The molecule has 0 amide bonds. The first-order valence-corrected chi connectivity index (χ1v) is 7.28. The van der Waals surface area contributed by atoms with Crippen LogP contribution in [-0.2, 0) is 5.41 Å². The summed E-state index contributed by atoms with van der Waals surface area (Å²) < 4.78 is 5.72. The minimum absolute atomic E-state index is 0.140. The van der Waals surface area contributed by atoms with Gasteiger partial charge in [-0.2, -0.15) is 0 Å². The summed E-state index contributed by atoms with van der Waals surface area (Å²) in [6.07, 6.45) is 0. The van der Waals surface area contributed by atoms with E-state index in [1.54, 1.807) is 0 Å². The molecule has 2 heteroatoms. The molecule has 0 fully saturated rings. The van der Waals surface area contributed by atoms with Gasteiger partial charge in [-0.1, -0.05) is 53.7 Å². The molecule has 0 aliphatic heterocycles. The fraction of sp³-hybridized carbons (Fsp3) is 0.647. The Bertz CT molecular complexity index is 365. The van der Waals surface area contributed by atoms with Crippen molar-refractivity contribution >= 4 is 0 Å². The lowest BCUT2D eigenvalue weighted by molar-refractivity contribution is 0.271. The van der Waals surface area contributed by atoms with Crippen molar-refractivity contribution < 1.29 is 4.74 Å². The Morgan fingerprint density at radius 3 is 2.11 bits per heavy atom. The summed E-state index contributed by atoms with van der Waals surface area (Å²) in [7, 11) is 0. The molecule has 19 heavy (non-hydrogen) atoms. The van der Waals surface area contributed by atoms with Gasteiger partial charge in [0.05, 0.1) is 6.61 Å². The molecular formula is C17H29NO. The van der Waals surface area contributed by atoms with Crippen LogP contribution in [0.15, 0.2) is 24.3 Å². The Labute approximate surface area is 118 Å². The van der Waals surface area contributed by atoms with Crippen molar-refractivity contribution in [3.63, 3.8) is 0 Å². The first-order chi connectivity index (χ1) is 8.81.